The van der Waals surface area contributed by atoms with Crippen molar-refractivity contribution in [3.05, 3.63) is 83.3 Å². The predicted octanol–water partition coefficient (Wildman–Crippen LogP) is 3.56. The number of nitrogens with one attached hydrogen (secondary N) is 2. The zero-order chi connectivity index (χ0) is 20.1. The lowest BCUT2D eigenvalue weighted by Gasteiger charge is -2.10. The van der Waals surface area contributed by atoms with Crippen LogP contribution in [0.3, 0.4) is 0 Å². The van der Waals surface area contributed by atoms with Crippen molar-refractivity contribution in [2.45, 2.75) is 31.7 Å². The number of carbonyl (C=O) groups is 1. The van der Waals surface area contributed by atoms with Gasteiger partial charge in [0.25, 0.3) is 0 Å². The van der Waals surface area contributed by atoms with Crippen molar-refractivity contribution in [3.8, 4) is 0 Å². The molecule has 0 aliphatic rings. The molecule has 0 radical (unpaired) electrons. The molecular formula is C21H22N2O4S. The van der Waals surface area contributed by atoms with E-state index in [9.17, 15) is 13.2 Å². The van der Waals surface area contributed by atoms with Crippen LogP contribution in [0.1, 0.15) is 22.5 Å². The van der Waals surface area contributed by atoms with Gasteiger partial charge < -0.3 is 9.73 Å². The van der Waals surface area contributed by atoms with E-state index in [1.54, 1.807) is 24.3 Å². The molecule has 0 atom stereocenters. The molecule has 2 N–H and O–H groups in total. The van der Waals surface area contributed by atoms with E-state index in [0.717, 1.165) is 11.1 Å². The van der Waals surface area contributed by atoms with Gasteiger partial charge in [0, 0.05) is 5.69 Å². The van der Waals surface area contributed by atoms with Crippen LogP contribution in [0.5, 0.6) is 0 Å². The molecule has 0 aliphatic heterocycles. The first-order chi connectivity index (χ1) is 13.3. The molecule has 0 spiro atoms. The standard InChI is InChI=1S/C21H22N2O4S/c1-15-8-9-17(11-16(15)2)12-21(24)23-18-5-3-7-20(13-18)28(25,26)22-14-19-6-4-10-27-19/h3-11,13,22H,12,14H2,1-2H3,(H,23,24). The van der Waals surface area contributed by atoms with Crippen LogP contribution in [0.2, 0.25) is 0 Å². The molecule has 0 fully saturated rings. The van der Waals surface area contributed by atoms with E-state index >= 15 is 0 Å². The van der Waals surface area contributed by atoms with Gasteiger partial charge in [-0.1, -0.05) is 24.3 Å². The Hall–Kier alpha value is -2.90. The minimum Gasteiger partial charge on any atom is -0.468 e. The van der Waals surface area contributed by atoms with Gasteiger partial charge in [0.15, 0.2) is 0 Å². The fourth-order valence-corrected chi connectivity index (χ4v) is 3.75. The molecule has 1 amide bonds. The van der Waals surface area contributed by atoms with Crippen molar-refractivity contribution < 1.29 is 17.6 Å². The molecule has 7 heteroatoms. The highest BCUT2D eigenvalue weighted by Gasteiger charge is 2.15. The molecule has 6 nitrogen and oxygen atoms in total. The van der Waals surface area contributed by atoms with Gasteiger partial charge in [-0.2, -0.15) is 0 Å². The molecule has 3 rings (SSSR count). The van der Waals surface area contributed by atoms with Gasteiger partial charge in [0.05, 0.1) is 24.1 Å². The fourth-order valence-electron chi connectivity index (χ4n) is 2.71. The normalized spacial score (nSPS) is 11.4. The summed E-state index contributed by atoms with van der Waals surface area (Å²) >= 11 is 0. The van der Waals surface area contributed by atoms with E-state index in [4.69, 9.17) is 4.42 Å². The van der Waals surface area contributed by atoms with Gasteiger partial charge in [0.2, 0.25) is 15.9 Å². The maximum absolute atomic E-state index is 12.5. The molecule has 3 aromatic rings. The number of rotatable bonds is 7. The SMILES string of the molecule is Cc1ccc(CC(=O)Nc2cccc(S(=O)(=O)NCc3ccco3)c2)cc1C. The lowest BCUT2D eigenvalue weighted by Crippen LogP contribution is -2.23. The molecule has 146 valence electrons. The number of furan rings is 1. The summed E-state index contributed by atoms with van der Waals surface area (Å²) in [7, 11) is -3.73. The Labute approximate surface area is 164 Å². The van der Waals surface area contributed by atoms with Crippen molar-refractivity contribution in [2.75, 3.05) is 5.32 Å². The van der Waals surface area contributed by atoms with Crippen LogP contribution >= 0.6 is 0 Å². The first-order valence-corrected chi connectivity index (χ1v) is 10.3. The van der Waals surface area contributed by atoms with Gasteiger partial charge in [-0.05, 0) is 60.9 Å². The molecule has 2 aromatic carbocycles. The monoisotopic (exact) mass is 398 g/mol. The third-order valence-corrected chi connectivity index (χ3v) is 5.78. The zero-order valence-electron chi connectivity index (χ0n) is 15.7. The average Bonchev–Trinajstić information content (AvgIpc) is 3.17. The Bertz CT molecular complexity index is 1070. The minimum atomic E-state index is -3.73. The first kappa shape index (κ1) is 19.9. The van der Waals surface area contributed by atoms with Crippen LogP contribution in [0.25, 0.3) is 0 Å². The molecule has 1 heterocycles. The average molecular weight is 398 g/mol. The van der Waals surface area contributed by atoms with Gasteiger partial charge in [-0.25, -0.2) is 13.1 Å². The molecule has 28 heavy (non-hydrogen) atoms. The van der Waals surface area contributed by atoms with Gasteiger partial charge in [-0.3, -0.25) is 4.79 Å². The third-order valence-electron chi connectivity index (χ3n) is 4.38. The second-order valence-corrected chi connectivity index (χ2v) is 8.34. The van der Waals surface area contributed by atoms with Crippen LogP contribution in [0, 0.1) is 13.8 Å². The number of amides is 1. The van der Waals surface area contributed by atoms with Crippen molar-refractivity contribution in [2.24, 2.45) is 0 Å². The number of benzene rings is 2. The van der Waals surface area contributed by atoms with Crippen molar-refractivity contribution in [3.63, 3.8) is 0 Å². The Morgan fingerprint density at radius 1 is 1.00 bits per heavy atom. The lowest BCUT2D eigenvalue weighted by atomic mass is 10.0. The van der Waals surface area contributed by atoms with E-state index in [0.29, 0.717) is 11.4 Å². The number of hydrogen-bond donors (Lipinski definition) is 2. The smallest absolute Gasteiger partial charge is 0.241 e. The topological polar surface area (TPSA) is 88.4 Å². The molecule has 0 unspecified atom stereocenters. The highest BCUT2D eigenvalue weighted by atomic mass is 32.2. The number of sulfonamides is 1. The summed E-state index contributed by atoms with van der Waals surface area (Å²) in [6.07, 6.45) is 1.70. The Kier molecular flexibility index (Phi) is 5.96. The van der Waals surface area contributed by atoms with Crippen LogP contribution in [-0.2, 0) is 27.8 Å². The van der Waals surface area contributed by atoms with E-state index in [1.807, 2.05) is 32.0 Å². The van der Waals surface area contributed by atoms with E-state index in [-0.39, 0.29) is 23.8 Å². The summed E-state index contributed by atoms with van der Waals surface area (Å²) in [5.74, 6) is 0.308. The maximum Gasteiger partial charge on any atom is 0.241 e. The van der Waals surface area contributed by atoms with Crippen molar-refractivity contribution in [1.29, 1.82) is 0 Å². The summed E-state index contributed by atoms with van der Waals surface area (Å²) in [5.41, 5.74) is 3.63. The van der Waals surface area contributed by atoms with Crippen molar-refractivity contribution in [1.82, 2.24) is 4.72 Å². The Morgan fingerprint density at radius 2 is 1.82 bits per heavy atom. The van der Waals surface area contributed by atoms with Crippen LogP contribution in [0.15, 0.2) is 70.2 Å². The second kappa shape index (κ2) is 8.41. The quantitative estimate of drug-likeness (QED) is 0.637. The van der Waals surface area contributed by atoms with E-state index in [1.165, 1.54) is 24.0 Å². The highest BCUT2D eigenvalue weighted by Crippen LogP contribution is 2.17. The highest BCUT2D eigenvalue weighted by molar-refractivity contribution is 7.89. The summed E-state index contributed by atoms with van der Waals surface area (Å²) in [4.78, 5) is 12.4. The van der Waals surface area contributed by atoms with E-state index in [2.05, 4.69) is 10.0 Å². The van der Waals surface area contributed by atoms with Gasteiger partial charge >= 0.3 is 0 Å². The minimum absolute atomic E-state index is 0.0543. The zero-order valence-corrected chi connectivity index (χ0v) is 16.5. The van der Waals surface area contributed by atoms with Crippen LogP contribution in [0.4, 0.5) is 5.69 Å². The number of anilines is 1. The van der Waals surface area contributed by atoms with E-state index < -0.39 is 10.0 Å². The summed E-state index contributed by atoms with van der Waals surface area (Å²) < 4.78 is 32.5. The molecule has 0 aliphatic carbocycles. The summed E-state index contributed by atoms with van der Waals surface area (Å²) in [6.45, 7) is 4.07. The Balaban J connectivity index is 1.66. The van der Waals surface area contributed by atoms with Crippen LogP contribution in [-0.4, -0.2) is 14.3 Å². The number of hydrogen-bond acceptors (Lipinski definition) is 4. The molecular weight excluding hydrogens is 376 g/mol. The maximum atomic E-state index is 12.5. The second-order valence-electron chi connectivity index (χ2n) is 6.58. The molecule has 0 saturated carbocycles. The predicted molar refractivity (Wildman–Crippen MR) is 107 cm³/mol. The van der Waals surface area contributed by atoms with Gasteiger partial charge in [-0.15, -0.1) is 0 Å². The summed E-state index contributed by atoms with van der Waals surface area (Å²) in [6, 6.07) is 15.4. The van der Waals surface area contributed by atoms with Crippen molar-refractivity contribution >= 4 is 21.6 Å². The first-order valence-electron chi connectivity index (χ1n) is 8.81. The number of carbonyl (C=O) groups excluding carboxylic acids is 1. The lowest BCUT2D eigenvalue weighted by molar-refractivity contribution is -0.115. The number of aryl methyl sites for hydroxylation is 2. The largest absolute Gasteiger partial charge is 0.468 e. The Morgan fingerprint density at radius 3 is 2.54 bits per heavy atom. The molecule has 0 bridgehead atoms. The third kappa shape index (κ3) is 5.09. The van der Waals surface area contributed by atoms with Crippen LogP contribution < -0.4 is 10.0 Å². The van der Waals surface area contributed by atoms with Gasteiger partial charge in [0.1, 0.15) is 5.76 Å². The summed E-state index contributed by atoms with van der Waals surface area (Å²) in [5, 5.41) is 2.76. The fraction of sp³-hybridized carbons (Fsp3) is 0.190. The molecule has 0 saturated heterocycles. The molecule has 1 aromatic heterocycles.